The lowest BCUT2D eigenvalue weighted by Gasteiger charge is -2.37. The number of anilines is 1. The number of amides is 2. The van der Waals surface area contributed by atoms with Gasteiger partial charge < -0.3 is 14.1 Å². The zero-order valence-corrected chi connectivity index (χ0v) is 16.0. The number of hydrogen-bond donors (Lipinski definition) is 0. The van der Waals surface area contributed by atoms with Gasteiger partial charge in [0.05, 0.1) is 12.2 Å². The van der Waals surface area contributed by atoms with Gasteiger partial charge >= 0.3 is 0 Å². The number of likely N-dealkylation sites (tertiary alicyclic amines) is 1. The van der Waals surface area contributed by atoms with Crippen LogP contribution in [0.3, 0.4) is 0 Å². The van der Waals surface area contributed by atoms with Gasteiger partial charge in [0, 0.05) is 18.5 Å². The smallest absolute Gasteiger partial charge is 0.294 e. The molecule has 6 heteroatoms. The molecule has 2 aromatic carbocycles. The fraction of sp³-hybridized carbons (Fsp3) is 0.304. The van der Waals surface area contributed by atoms with Crippen LogP contribution in [0.25, 0.3) is 11.0 Å². The number of benzene rings is 2. The van der Waals surface area contributed by atoms with Gasteiger partial charge in [0.1, 0.15) is 11.3 Å². The minimum Gasteiger partial charge on any atom is -0.476 e. The van der Waals surface area contributed by atoms with E-state index in [4.69, 9.17) is 9.15 Å². The third kappa shape index (κ3) is 3.24. The molecule has 1 aromatic heterocycles. The van der Waals surface area contributed by atoms with Crippen LogP contribution in [0.2, 0.25) is 0 Å². The van der Waals surface area contributed by atoms with Gasteiger partial charge in [-0.05, 0) is 43.5 Å². The second kappa shape index (κ2) is 7.28. The first kappa shape index (κ1) is 17.8. The average Bonchev–Trinajstić information content (AvgIpc) is 3.22. The molecule has 2 aliphatic rings. The molecule has 6 nitrogen and oxygen atoms in total. The number of piperidine rings is 1. The van der Waals surface area contributed by atoms with Crippen LogP contribution in [0.1, 0.15) is 29.8 Å². The first-order valence-corrected chi connectivity index (χ1v) is 10.1. The molecular formula is C23H22N2O4. The second-order valence-electron chi connectivity index (χ2n) is 7.52. The summed E-state index contributed by atoms with van der Waals surface area (Å²) in [7, 11) is 0. The van der Waals surface area contributed by atoms with E-state index in [2.05, 4.69) is 0 Å². The standard InChI is InChI=1S/C23H22N2O4/c26-22(24-12-6-1-7-13-24)21-15-25(17-9-3-5-11-19(17)29-21)23(27)20-14-16-8-2-4-10-18(16)28-20/h2-5,8-11,14,21H,1,6-7,12-13,15H2/t21-/m0/s1. The average molecular weight is 390 g/mol. The van der Waals surface area contributed by atoms with Gasteiger partial charge in [-0.3, -0.25) is 14.5 Å². The predicted molar refractivity (Wildman–Crippen MR) is 109 cm³/mol. The molecule has 2 amide bonds. The molecule has 3 heterocycles. The third-order valence-corrected chi connectivity index (χ3v) is 5.60. The highest BCUT2D eigenvalue weighted by molar-refractivity contribution is 6.08. The molecule has 29 heavy (non-hydrogen) atoms. The summed E-state index contributed by atoms with van der Waals surface area (Å²) >= 11 is 0. The van der Waals surface area contributed by atoms with Crippen LogP contribution in [0, 0.1) is 0 Å². The molecule has 0 aliphatic carbocycles. The van der Waals surface area contributed by atoms with Crippen molar-refractivity contribution in [3.05, 3.63) is 60.4 Å². The number of para-hydroxylation sites is 3. The molecule has 0 unspecified atom stereocenters. The fourth-order valence-electron chi connectivity index (χ4n) is 4.09. The minimum absolute atomic E-state index is 0.0541. The van der Waals surface area contributed by atoms with Gasteiger partial charge in [-0.2, -0.15) is 0 Å². The van der Waals surface area contributed by atoms with Crippen molar-refractivity contribution in [1.29, 1.82) is 0 Å². The quantitative estimate of drug-likeness (QED) is 0.667. The van der Waals surface area contributed by atoms with E-state index in [1.807, 2.05) is 47.4 Å². The molecule has 1 atom stereocenters. The minimum atomic E-state index is -0.712. The van der Waals surface area contributed by atoms with Crippen molar-refractivity contribution >= 4 is 28.5 Å². The normalized spacial score (nSPS) is 19.0. The van der Waals surface area contributed by atoms with E-state index in [9.17, 15) is 9.59 Å². The number of nitrogens with zero attached hydrogens (tertiary/aromatic N) is 2. The number of carbonyl (C=O) groups excluding carboxylic acids is 2. The Morgan fingerprint density at radius 3 is 2.52 bits per heavy atom. The lowest BCUT2D eigenvalue weighted by molar-refractivity contribution is -0.139. The molecule has 0 radical (unpaired) electrons. The summed E-state index contributed by atoms with van der Waals surface area (Å²) in [5.74, 6) is 0.473. The van der Waals surface area contributed by atoms with E-state index in [0.717, 1.165) is 37.7 Å². The van der Waals surface area contributed by atoms with E-state index < -0.39 is 6.10 Å². The first-order valence-electron chi connectivity index (χ1n) is 10.1. The number of fused-ring (bicyclic) bond motifs is 2. The van der Waals surface area contributed by atoms with Gasteiger partial charge in [0.15, 0.2) is 11.9 Å². The molecule has 0 bridgehead atoms. The van der Waals surface area contributed by atoms with Crippen molar-refractivity contribution in [2.45, 2.75) is 25.4 Å². The molecule has 0 N–H and O–H groups in total. The van der Waals surface area contributed by atoms with E-state index >= 15 is 0 Å². The van der Waals surface area contributed by atoms with Gasteiger partial charge in [-0.1, -0.05) is 30.3 Å². The fourth-order valence-corrected chi connectivity index (χ4v) is 4.09. The Labute approximate surface area is 168 Å². The van der Waals surface area contributed by atoms with Crippen molar-refractivity contribution in [3.8, 4) is 5.75 Å². The second-order valence-corrected chi connectivity index (χ2v) is 7.52. The maximum absolute atomic E-state index is 13.3. The van der Waals surface area contributed by atoms with E-state index in [1.165, 1.54) is 0 Å². The molecule has 1 fully saturated rings. The van der Waals surface area contributed by atoms with Gasteiger partial charge in [0.25, 0.3) is 11.8 Å². The molecule has 3 aromatic rings. The van der Waals surface area contributed by atoms with Crippen LogP contribution < -0.4 is 9.64 Å². The Morgan fingerprint density at radius 1 is 0.931 bits per heavy atom. The Hall–Kier alpha value is -3.28. The van der Waals surface area contributed by atoms with Crippen LogP contribution in [-0.2, 0) is 4.79 Å². The predicted octanol–water partition coefficient (Wildman–Crippen LogP) is 3.85. The Kier molecular flexibility index (Phi) is 4.46. The van der Waals surface area contributed by atoms with Crippen molar-refractivity contribution in [3.63, 3.8) is 0 Å². The molecule has 148 valence electrons. The molecule has 0 saturated carbocycles. The van der Waals surface area contributed by atoms with Crippen molar-refractivity contribution in [2.24, 2.45) is 0 Å². The maximum Gasteiger partial charge on any atom is 0.294 e. The summed E-state index contributed by atoms with van der Waals surface area (Å²) in [6.07, 6.45) is 2.46. The largest absolute Gasteiger partial charge is 0.476 e. The monoisotopic (exact) mass is 390 g/mol. The zero-order chi connectivity index (χ0) is 19.8. The summed E-state index contributed by atoms with van der Waals surface area (Å²) in [6.45, 7) is 1.66. The van der Waals surface area contributed by atoms with Crippen LogP contribution >= 0.6 is 0 Å². The zero-order valence-electron chi connectivity index (χ0n) is 16.0. The first-order chi connectivity index (χ1) is 14.2. The van der Waals surface area contributed by atoms with Gasteiger partial charge in [-0.15, -0.1) is 0 Å². The van der Waals surface area contributed by atoms with Crippen LogP contribution in [-0.4, -0.2) is 42.5 Å². The summed E-state index contributed by atoms with van der Waals surface area (Å²) in [4.78, 5) is 29.8. The summed E-state index contributed by atoms with van der Waals surface area (Å²) in [5, 5.41) is 0.873. The number of rotatable bonds is 2. The summed E-state index contributed by atoms with van der Waals surface area (Å²) in [6, 6.07) is 16.6. The molecule has 2 aliphatic heterocycles. The molecule has 5 rings (SSSR count). The van der Waals surface area contributed by atoms with E-state index in [1.54, 1.807) is 17.0 Å². The maximum atomic E-state index is 13.3. The number of furan rings is 1. The Morgan fingerprint density at radius 2 is 1.69 bits per heavy atom. The number of ether oxygens (including phenoxy) is 1. The summed E-state index contributed by atoms with van der Waals surface area (Å²) < 4.78 is 11.8. The van der Waals surface area contributed by atoms with Gasteiger partial charge in [-0.25, -0.2) is 0 Å². The Bertz CT molecular complexity index is 1030. The SMILES string of the molecule is O=C([C@@H]1CN(C(=O)c2cc3ccccc3o2)c2ccccc2O1)N1CCCCC1. The van der Waals surface area contributed by atoms with Crippen LogP contribution in [0.15, 0.2) is 59.0 Å². The van der Waals surface area contributed by atoms with Crippen molar-refractivity contribution in [2.75, 3.05) is 24.5 Å². The van der Waals surface area contributed by atoms with Crippen LogP contribution in [0.5, 0.6) is 5.75 Å². The third-order valence-electron chi connectivity index (χ3n) is 5.60. The number of hydrogen-bond acceptors (Lipinski definition) is 4. The highest BCUT2D eigenvalue weighted by atomic mass is 16.5. The topological polar surface area (TPSA) is 63.0 Å². The highest BCUT2D eigenvalue weighted by Crippen LogP contribution is 2.35. The Balaban J connectivity index is 1.47. The van der Waals surface area contributed by atoms with Crippen LogP contribution in [0.4, 0.5) is 5.69 Å². The number of carbonyl (C=O) groups is 2. The van der Waals surface area contributed by atoms with Crippen molar-refractivity contribution < 1.29 is 18.7 Å². The van der Waals surface area contributed by atoms with E-state index in [-0.39, 0.29) is 24.1 Å². The molecule has 0 spiro atoms. The molecule has 1 saturated heterocycles. The lowest BCUT2D eigenvalue weighted by atomic mass is 10.1. The van der Waals surface area contributed by atoms with Gasteiger partial charge in [0.2, 0.25) is 0 Å². The van der Waals surface area contributed by atoms with E-state index in [0.29, 0.717) is 17.0 Å². The van der Waals surface area contributed by atoms with Crippen molar-refractivity contribution in [1.82, 2.24) is 4.90 Å². The highest BCUT2D eigenvalue weighted by Gasteiger charge is 2.37. The molecular weight excluding hydrogens is 368 g/mol. The lowest BCUT2D eigenvalue weighted by Crippen LogP contribution is -2.52. The summed E-state index contributed by atoms with van der Waals surface area (Å²) in [5.41, 5.74) is 1.32.